The lowest BCUT2D eigenvalue weighted by Gasteiger charge is -2.09. The van der Waals surface area contributed by atoms with E-state index in [-0.39, 0.29) is 10.6 Å². The highest BCUT2D eigenvalue weighted by Crippen LogP contribution is 2.27. The predicted molar refractivity (Wildman–Crippen MR) is 133 cm³/mol. The average molecular weight is 475 g/mol. The lowest BCUT2D eigenvalue weighted by molar-refractivity contribution is -0.384. The number of fused-ring (bicyclic) bond motifs is 1. The number of hydrogen-bond acceptors (Lipinski definition) is 4. The number of aromatic amines is 1. The van der Waals surface area contributed by atoms with Crippen molar-refractivity contribution in [1.82, 2.24) is 9.55 Å². The number of hydrogen-bond donors (Lipinski definition) is 1. The molecule has 0 radical (unpaired) electrons. The van der Waals surface area contributed by atoms with Gasteiger partial charge in [-0.25, -0.2) is 4.99 Å². The molecule has 5 aromatic rings. The molecule has 0 saturated heterocycles. The molecule has 0 saturated carbocycles. The Hall–Kier alpha value is -3.68. The highest BCUT2D eigenvalue weighted by Gasteiger charge is 2.12. The van der Waals surface area contributed by atoms with Crippen LogP contribution in [0.2, 0.25) is 5.02 Å². The van der Waals surface area contributed by atoms with Gasteiger partial charge >= 0.3 is 0 Å². The van der Waals surface area contributed by atoms with Gasteiger partial charge in [0, 0.05) is 41.2 Å². The Kier molecular flexibility index (Phi) is 5.81. The summed E-state index contributed by atoms with van der Waals surface area (Å²) in [4.78, 5) is 19.7. The molecule has 6 nitrogen and oxygen atoms in total. The van der Waals surface area contributed by atoms with E-state index in [0.717, 1.165) is 28.0 Å². The van der Waals surface area contributed by atoms with Crippen LogP contribution < -0.4 is 4.80 Å². The summed E-state index contributed by atoms with van der Waals surface area (Å²) in [5.41, 5.74) is 4.97. The van der Waals surface area contributed by atoms with Crippen molar-refractivity contribution in [3.8, 4) is 11.3 Å². The molecule has 8 heteroatoms. The van der Waals surface area contributed by atoms with E-state index in [4.69, 9.17) is 16.6 Å². The maximum absolute atomic E-state index is 11.1. The second-order valence-corrected chi connectivity index (χ2v) is 8.78. The molecule has 0 spiro atoms. The van der Waals surface area contributed by atoms with E-state index in [2.05, 4.69) is 21.7 Å². The van der Waals surface area contributed by atoms with Crippen LogP contribution in [-0.4, -0.2) is 14.5 Å². The Labute approximate surface area is 198 Å². The van der Waals surface area contributed by atoms with Crippen molar-refractivity contribution in [3.63, 3.8) is 0 Å². The van der Waals surface area contributed by atoms with Gasteiger partial charge in [0.1, 0.15) is 0 Å². The lowest BCUT2D eigenvalue weighted by Crippen LogP contribution is -2.17. The summed E-state index contributed by atoms with van der Waals surface area (Å²) in [7, 11) is 0. The first-order valence-electron chi connectivity index (χ1n) is 10.4. The smallest absolute Gasteiger partial charge is 0.269 e. The first kappa shape index (κ1) is 21.2. The number of thiazole rings is 1. The molecule has 0 amide bonds. The highest BCUT2D eigenvalue weighted by molar-refractivity contribution is 7.07. The largest absolute Gasteiger partial charge is 0.361 e. The quantitative estimate of drug-likeness (QED) is 0.218. The van der Waals surface area contributed by atoms with Crippen molar-refractivity contribution in [2.24, 2.45) is 4.99 Å². The van der Waals surface area contributed by atoms with Crippen LogP contribution in [0.3, 0.4) is 0 Å². The van der Waals surface area contributed by atoms with Crippen LogP contribution in [-0.2, 0) is 13.0 Å². The Bertz CT molecular complexity index is 1520. The van der Waals surface area contributed by atoms with Crippen LogP contribution in [0.1, 0.15) is 5.56 Å². The summed E-state index contributed by atoms with van der Waals surface area (Å²) >= 11 is 7.88. The highest BCUT2D eigenvalue weighted by atomic mass is 35.5. The number of rotatable bonds is 6. The molecule has 0 unspecified atom stereocenters. The number of aryl methyl sites for hydroxylation is 1. The first-order chi connectivity index (χ1) is 16.1. The van der Waals surface area contributed by atoms with Crippen molar-refractivity contribution in [2.45, 2.75) is 13.0 Å². The number of aromatic nitrogens is 2. The lowest BCUT2D eigenvalue weighted by atomic mass is 10.1. The van der Waals surface area contributed by atoms with Gasteiger partial charge in [-0.1, -0.05) is 41.9 Å². The molecule has 5 rings (SSSR count). The van der Waals surface area contributed by atoms with Crippen LogP contribution >= 0.6 is 22.9 Å². The van der Waals surface area contributed by atoms with Crippen LogP contribution in [0.4, 0.5) is 11.4 Å². The Balaban J connectivity index is 1.57. The fourth-order valence-electron chi connectivity index (χ4n) is 3.84. The zero-order valence-electron chi connectivity index (χ0n) is 17.4. The maximum Gasteiger partial charge on any atom is 0.269 e. The molecular formula is C25H19ClN4O2S. The van der Waals surface area contributed by atoms with E-state index >= 15 is 0 Å². The van der Waals surface area contributed by atoms with E-state index in [9.17, 15) is 10.1 Å². The summed E-state index contributed by atoms with van der Waals surface area (Å²) in [6, 6.07) is 22.4. The summed E-state index contributed by atoms with van der Waals surface area (Å²) in [5, 5.41) is 14.9. The fourth-order valence-corrected chi connectivity index (χ4v) is 4.96. The third kappa shape index (κ3) is 4.33. The first-order valence-corrected chi connectivity index (χ1v) is 11.6. The van der Waals surface area contributed by atoms with Crippen molar-refractivity contribution < 1.29 is 4.92 Å². The monoisotopic (exact) mass is 474 g/mol. The predicted octanol–water partition coefficient (Wildman–Crippen LogP) is 6.73. The van der Waals surface area contributed by atoms with Gasteiger partial charge in [-0.3, -0.25) is 10.1 Å². The number of H-pyrrole nitrogens is 1. The van der Waals surface area contributed by atoms with Gasteiger partial charge in [0.15, 0.2) is 4.80 Å². The minimum atomic E-state index is -0.388. The number of nitrogens with zero attached hydrogens (tertiary/aromatic N) is 3. The molecular weight excluding hydrogens is 456 g/mol. The Morgan fingerprint density at radius 3 is 2.58 bits per heavy atom. The summed E-state index contributed by atoms with van der Waals surface area (Å²) in [6.45, 7) is 0.695. The molecule has 0 aliphatic rings. The summed E-state index contributed by atoms with van der Waals surface area (Å²) in [6.07, 6.45) is 2.85. The fraction of sp³-hybridized carbons (Fsp3) is 0.0800. The summed E-state index contributed by atoms with van der Waals surface area (Å²) in [5.74, 6) is 0. The topological polar surface area (TPSA) is 76.2 Å². The van der Waals surface area contributed by atoms with Gasteiger partial charge < -0.3 is 9.55 Å². The molecule has 0 fully saturated rings. The molecule has 0 atom stereocenters. The van der Waals surface area contributed by atoms with Crippen molar-refractivity contribution >= 4 is 45.2 Å². The number of benzene rings is 3. The molecule has 164 valence electrons. The third-order valence-corrected chi connectivity index (χ3v) is 6.70. The van der Waals surface area contributed by atoms with Crippen LogP contribution in [0.5, 0.6) is 0 Å². The Morgan fingerprint density at radius 1 is 1.03 bits per heavy atom. The third-order valence-electron chi connectivity index (χ3n) is 5.52. The van der Waals surface area contributed by atoms with E-state index in [1.807, 2.05) is 48.0 Å². The molecule has 1 N–H and O–H groups in total. The number of nitrogens with one attached hydrogen (secondary N) is 1. The molecule has 0 aliphatic carbocycles. The molecule has 3 aromatic carbocycles. The second-order valence-electron chi connectivity index (χ2n) is 7.53. The van der Waals surface area contributed by atoms with Gasteiger partial charge in [0.05, 0.1) is 21.3 Å². The van der Waals surface area contributed by atoms with Gasteiger partial charge in [0.2, 0.25) is 0 Å². The zero-order valence-corrected chi connectivity index (χ0v) is 19.0. The standard InChI is InChI=1S/C25H19ClN4O2S/c26-21-6-2-4-8-23(21)28-25-29(14-13-18-15-27-22-7-3-1-5-20(18)22)24(16-33-25)17-9-11-19(12-10-17)30(31)32/h1-12,15-16,27H,13-14H2. The molecule has 0 aliphatic heterocycles. The number of nitro benzene ring substituents is 1. The number of non-ortho nitro benzene ring substituents is 1. The maximum atomic E-state index is 11.1. The average Bonchev–Trinajstić information content (AvgIpc) is 3.43. The SMILES string of the molecule is O=[N+]([O-])c1ccc(-c2csc(=Nc3ccccc3Cl)n2CCc2c[nH]c3ccccc23)cc1. The van der Waals surface area contributed by atoms with E-state index in [0.29, 0.717) is 17.3 Å². The van der Waals surface area contributed by atoms with Gasteiger partial charge in [-0.2, -0.15) is 0 Å². The van der Waals surface area contributed by atoms with E-state index < -0.39 is 0 Å². The van der Waals surface area contributed by atoms with Gasteiger partial charge in [-0.15, -0.1) is 11.3 Å². The summed E-state index contributed by atoms with van der Waals surface area (Å²) < 4.78 is 2.15. The number of nitro groups is 1. The molecule has 33 heavy (non-hydrogen) atoms. The van der Waals surface area contributed by atoms with Crippen molar-refractivity contribution in [3.05, 3.63) is 110 Å². The minimum absolute atomic E-state index is 0.0697. The van der Waals surface area contributed by atoms with Crippen LogP contribution in [0.25, 0.3) is 22.2 Å². The zero-order chi connectivity index (χ0) is 22.8. The number of halogens is 1. The molecule has 2 heterocycles. The number of para-hydroxylation sites is 2. The normalized spacial score (nSPS) is 11.8. The Morgan fingerprint density at radius 2 is 1.79 bits per heavy atom. The molecule has 2 aromatic heterocycles. The van der Waals surface area contributed by atoms with E-state index in [1.54, 1.807) is 12.1 Å². The van der Waals surface area contributed by atoms with Crippen molar-refractivity contribution in [1.29, 1.82) is 0 Å². The van der Waals surface area contributed by atoms with Gasteiger partial charge in [-0.05, 0) is 47.9 Å². The van der Waals surface area contributed by atoms with Crippen LogP contribution in [0, 0.1) is 10.1 Å². The second kappa shape index (κ2) is 9.05. The van der Waals surface area contributed by atoms with Crippen LogP contribution in [0.15, 0.2) is 89.4 Å². The van der Waals surface area contributed by atoms with Gasteiger partial charge in [0.25, 0.3) is 5.69 Å². The minimum Gasteiger partial charge on any atom is -0.361 e. The molecule has 0 bridgehead atoms. The van der Waals surface area contributed by atoms with Crippen molar-refractivity contribution in [2.75, 3.05) is 0 Å². The van der Waals surface area contributed by atoms with E-state index in [1.165, 1.54) is 34.4 Å².